The van der Waals surface area contributed by atoms with E-state index in [0.29, 0.717) is 11.8 Å². The number of hydrogen-bond acceptors (Lipinski definition) is 3. The molecule has 1 aromatic rings. The lowest BCUT2D eigenvalue weighted by molar-refractivity contribution is -0.150. The molecule has 0 spiro atoms. The minimum Gasteiger partial charge on any atom is -0.481 e. The van der Waals surface area contributed by atoms with Crippen molar-refractivity contribution < 1.29 is 14.4 Å². The lowest BCUT2D eigenvalue weighted by atomic mass is 9.36. The number of aliphatic carboxylic acids is 1. The smallest absolute Gasteiger partial charge is 0.306 e. The zero-order chi connectivity index (χ0) is 25.4. The number of nitrogens with zero attached hydrogens (tertiary/aromatic N) is 1. The van der Waals surface area contributed by atoms with E-state index in [4.69, 9.17) is 4.52 Å². The molecule has 35 heavy (non-hydrogen) atoms. The highest BCUT2D eigenvalue weighted by Gasteiger charge is 2.65. The van der Waals surface area contributed by atoms with E-state index < -0.39 is 5.97 Å². The number of aromatic nitrogens is 1. The Hall–Kier alpha value is -1.58. The van der Waals surface area contributed by atoms with Gasteiger partial charge in [0.1, 0.15) is 5.76 Å². The van der Waals surface area contributed by atoms with Gasteiger partial charge < -0.3 is 9.63 Å². The van der Waals surface area contributed by atoms with E-state index in [0.717, 1.165) is 57.1 Å². The summed E-state index contributed by atoms with van der Waals surface area (Å²) in [7, 11) is 0. The first-order valence-electron chi connectivity index (χ1n) is 14.1. The Morgan fingerprint density at radius 3 is 2.40 bits per heavy atom. The zero-order valence-electron chi connectivity index (χ0n) is 23.2. The summed E-state index contributed by atoms with van der Waals surface area (Å²) in [6.45, 7) is 17.1. The minimum atomic E-state index is -0.599. The van der Waals surface area contributed by atoms with Gasteiger partial charge in [0, 0.05) is 11.0 Å². The fraction of sp³-hybridized carbons (Fsp3) is 0.806. The van der Waals surface area contributed by atoms with Crippen LogP contribution in [0.2, 0.25) is 0 Å². The number of fused-ring (bicyclic) bond motifs is 6. The van der Waals surface area contributed by atoms with Crippen molar-refractivity contribution in [2.75, 3.05) is 0 Å². The quantitative estimate of drug-likeness (QED) is 0.413. The molecular weight excluding hydrogens is 434 g/mol. The van der Waals surface area contributed by atoms with Gasteiger partial charge in [0.2, 0.25) is 0 Å². The Morgan fingerprint density at radius 1 is 0.971 bits per heavy atom. The Balaban J connectivity index is 1.58. The van der Waals surface area contributed by atoms with Crippen LogP contribution in [0.25, 0.3) is 0 Å². The molecule has 0 saturated heterocycles. The van der Waals surface area contributed by atoms with Gasteiger partial charge in [0.25, 0.3) is 0 Å². The van der Waals surface area contributed by atoms with Crippen molar-refractivity contribution in [1.29, 1.82) is 0 Å². The summed E-state index contributed by atoms with van der Waals surface area (Å²) in [6.07, 6.45) is 15.1. The Bertz CT molecular complexity index is 1030. The zero-order valence-corrected chi connectivity index (χ0v) is 23.2. The van der Waals surface area contributed by atoms with Crippen LogP contribution in [-0.4, -0.2) is 16.2 Å². The molecule has 4 aliphatic carbocycles. The number of carboxylic acid groups (broad SMARTS) is 1. The van der Waals surface area contributed by atoms with E-state index in [1.165, 1.54) is 18.4 Å². The summed E-state index contributed by atoms with van der Waals surface area (Å²) < 4.78 is 5.82. The van der Waals surface area contributed by atoms with Crippen LogP contribution in [-0.2, 0) is 16.6 Å². The van der Waals surface area contributed by atoms with Crippen molar-refractivity contribution >= 4 is 5.97 Å². The van der Waals surface area contributed by atoms with Crippen LogP contribution >= 0.6 is 0 Å². The topological polar surface area (TPSA) is 63.3 Å². The first-order valence-corrected chi connectivity index (χ1v) is 14.1. The van der Waals surface area contributed by atoms with Crippen LogP contribution in [0.3, 0.4) is 0 Å². The third-order valence-corrected chi connectivity index (χ3v) is 12.1. The second-order valence-electron chi connectivity index (χ2n) is 14.7. The molecule has 1 aromatic heterocycles. The third-order valence-electron chi connectivity index (χ3n) is 12.1. The molecule has 1 heterocycles. The standard InChI is InChI=1S/C31H47NO3/c1-27(2)14-10-20(26(33)34)11-16-30(6)22(12-15-27)8-9-24-29(5)18-21-19-32-35-25(21)28(3,4)23(29)13-17-31(24,30)7/h8,19-20,23-24H,9-18H2,1-7H3,(H,33,34)/t20-,23-,24+,29-,30+,31+/m0/s1. The average Bonchev–Trinajstić information content (AvgIpc) is 3.22. The maximum Gasteiger partial charge on any atom is 0.306 e. The maximum atomic E-state index is 12.2. The molecule has 1 N–H and O–H groups in total. The molecule has 0 amide bonds. The van der Waals surface area contributed by atoms with Crippen LogP contribution in [0.5, 0.6) is 0 Å². The lowest BCUT2D eigenvalue weighted by Gasteiger charge is -2.67. The predicted molar refractivity (Wildman–Crippen MR) is 139 cm³/mol. The van der Waals surface area contributed by atoms with Crippen molar-refractivity contribution in [3.05, 3.63) is 29.2 Å². The Morgan fingerprint density at radius 2 is 1.69 bits per heavy atom. The minimum absolute atomic E-state index is 0.0141. The normalized spacial score (nSPS) is 42.5. The van der Waals surface area contributed by atoms with Gasteiger partial charge in [0.15, 0.2) is 0 Å². The molecule has 194 valence electrons. The largest absolute Gasteiger partial charge is 0.481 e. The molecule has 0 radical (unpaired) electrons. The van der Waals surface area contributed by atoms with Gasteiger partial charge in [-0.15, -0.1) is 0 Å². The highest BCUT2D eigenvalue weighted by Crippen LogP contribution is 2.71. The van der Waals surface area contributed by atoms with Crippen molar-refractivity contribution in [3.8, 4) is 0 Å². The molecule has 0 aromatic carbocycles. The van der Waals surface area contributed by atoms with Crippen molar-refractivity contribution in [1.82, 2.24) is 5.16 Å². The molecule has 5 rings (SSSR count). The van der Waals surface area contributed by atoms with Crippen molar-refractivity contribution in [3.63, 3.8) is 0 Å². The van der Waals surface area contributed by atoms with Crippen molar-refractivity contribution in [2.24, 2.45) is 39.4 Å². The molecular formula is C31H47NO3. The molecule has 4 nitrogen and oxygen atoms in total. The molecule has 2 saturated carbocycles. The summed E-state index contributed by atoms with van der Waals surface area (Å²) in [6, 6.07) is 0. The molecule has 2 fully saturated rings. The van der Waals surface area contributed by atoms with Gasteiger partial charge >= 0.3 is 5.97 Å². The second kappa shape index (κ2) is 7.96. The summed E-state index contributed by atoms with van der Waals surface area (Å²) in [4.78, 5) is 12.2. The first kappa shape index (κ1) is 25.1. The predicted octanol–water partition coefficient (Wildman–Crippen LogP) is 7.96. The van der Waals surface area contributed by atoms with Gasteiger partial charge in [0.05, 0.1) is 12.1 Å². The van der Waals surface area contributed by atoms with Crippen molar-refractivity contribution in [2.45, 2.75) is 118 Å². The fourth-order valence-electron chi connectivity index (χ4n) is 9.72. The van der Waals surface area contributed by atoms with Crippen LogP contribution in [0, 0.1) is 39.4 Å². The molecule has 0 aliphatic heterocycles. The second-order valence-corrected chi connectivity index (χ2v) is 14.7. The Kier molecular flexibility index (Phi) is 5.70. The summed E-state index contributed by atoms with van der Waals surface area (Å²) in [5.74, 6) is 1.42. The van der Waals surface area contributed by atoms with E-state index >= 15 is 0 Å². The number of carbonyl (C=O) groups is 1. The maximum absolute atomic E-state index is 12.2. The van der Waals surface area contributed by atoms with Crippen LogP contribution in [0.1, 0.15) is 118 Å². The summed E-state index contributed by atoms with van der Waals surface area (Å²) >= 11 is 0. The SMILES string of the molecule is CC1(C)CCC2=CC[C@@H]3[C@@]4(C)Cc5cnoc5C(C)(C)[C@@H]4CC[C@@]3(C)[C@]2(C)CC[C@@H](C(=O)O)CC1. The van der Waals surface area contributed by atoms with Gasteiger partial charge in [-0.3, -0.25) is 4.79 Å². The number of carboxylic acids is 1. The molecule has 0 bridgehead atoms. The van der Waals surface area contributed by atoms with Gasteiger partial charge in [-0.1, -0.05) is 65.3 Å². The van der Waals surface area contributed by atoms with E-state index in [1.54, 1.807) is 5.57 Å². The van der Waals surface area contributed by atoms with Crippen LogP contribution < -0.4 is 0 Å². The van der Waals surface area contributed by atoms with Crippen LogP contribution in [0.15, 0.2) is 22.4 Å². The first-order chi connectivity index (χ1) is 16.2. The lowest BCUT2D eigenvalue weighted by Crippen LogP contribution is -2.62. The van der Waals surface area contributed by atoms with Crippen LogP contribution in [0.4, 0.5) is 0 Å². The van der Waals surface area contributed by atoms with Gasteiger partial charge in [-0.25, -0.2) is 0 Å². The number of rotatable bonds is 1. The van der Waals surface area contributed by atoms with E-state index in [9.17, 15) is 9.90 Å². The fourth-order valence-corrected chi connectivity index (χ4v) is 9.72. The highest BCUT2D eigenvalue weighted by atomic mass is 16.5. The number of hydrogen-bond donors (Lipinski definition) is 1. The van der Waals surface area contributed by atoms with E-state index in [1.807, 2.05) is 6.20 Å². The molecule has 0 unspecified atom stereocenters. The molecule has 4 aliphatic rings. The average molecular weight is 482 g/mol. The van der Waals surface area contributed by atoms with E-state index in [-0.39, 0.29) is 33.0 Å². The molecule has 6 atom stereocenters. The van der Waals surface area contributed by atoms with Gasteiger partial charge in [-0.05, 0) is 97.7 Å². The van der Waals surface area contributed by atoms with E-state index in [2.05, 4.69) is 59.7 Å². The summed E-state index contributed by atoms with van der Waals surface area (Å²) in [5.41, 5.74) is 3.49. The Labute approximate surface area is 212 Å². The van der Waals surface area contributed by atoms with Gasteiger partial charge in [-0.2, -0.15) is 0 Å². The third kappa shape index (κ3) is 3.59. The number of allylic oxidation sites excluding steroid dienone is 2. The monoisotopic (exact) mass is 481 g/mol. The molecule has 4 heteroatoms. The highest BCUT2D eigenvalue weighted by molar-refractivity contribution is 5.69. The summed E-state index contributed by atoms with van der Waals surface area (Å²) in [5, 5.41) is 14.3.